The van der Waals surface area contributed by atoms with Gasteiger partial charge in [-0.3, -0.25) is 10.1 Å². The van der Waals surface area contributed by atoms with Gasteiger partial charge in [-0.25, -0.2) is 9.18 Å². The van der Waals surface area contributed by atoms with Gasteiger partial charge in [-0.1, -0.05) is 11.6 Å². The minimum absolute atomic E-state index is 0.137. The molecule has 0 aliphatic carbocycles. The first kappa shape index (κ1) is 14.0. The van der Waals surface area contributed by atoms with Crippen LogP contribution in [0.3, 0.4) is 0 Å². The largest absolute Gasteiger partial charge is 0.478 e. The molecule has 20 heavy (non-hydrogen) atoms. The van der Waals surface area contributed by atoms with E-state index in [1.165, 1.54) is 5.57 Å². The molecule has 1 aliphatic heterocycles. The minimum atomic E-state index is -1.44. The second-order valence-electron chi connectivity index (χ2n) is 4.63. The number of carboxylic acid groups (broad SMARTS) is 1. The highest BCUT2D eigenvalue weighted by Crippen LogP contribution is 2.32. The standard InChI is InChI=1S/C13H13FN2O4/c1-8-2-4-15(5-3-8)11-6-9(13(17)18)10(14)7-12(11)16(19)20/h2,6-7H,3-5H2,1H3,(H,17,18). The zero-order chi connectivity index (χ0) is 14.9. The second kappa shape index (κ2) is 5.28. The average Bonchev–Trinajstić information content (AvgIpc) is 2.39. The van der Waals surface area contributed by atoms with Gasteiger partial charge in [0.1, 0.15) is 11.5 Å². The van der Waals surface area contributed by atoms with Gasteiger partial charge < -0.3 is 10.0 Å². The van der Waals surface area contributed by atoms with Crippen LogP contribution in [0, 0.1) is 15.9 Å². The number of hydrogen-bond acceptors (Lipinski definition) is 4. The van der Waals surface area contributed by atoms with Crippen LogP contribution in [0.5, 0.6) is 0 Å². The van der Waals surface area contributed by atoms with Crippen molar-refractivity contribution in [3.05, 3.63) is 45.3 Å². The number of rotatable bonds is 3. The lowest BCUT2D eigenvalue weighted by Crippen LogP contribution is -2.29. The predicted molar refractivity (Wildman–Crippen MR) is 70.6 cm³/mol. The van der Waals surface area contributed by atoms with E-state index in [1.54, 1.807) is 4.90 Å². The number of anilines is 1. The van der Waals surface area contributed by atoms with Crippen LogP contribution >= 0.6 is 0 Å². The maximum Gasteiger partial charge on any atom is 0.338 e. The van der Waals surface area contributed by atoms with Crippen molar-refractivity contribution < 1.29 is 19.2 Å². The molecule has 2 rings (SSSR count). The Balaban J connectivity index is 2.51. The first-order valence-corrected chi connectivity index (χ1v) is 6.02. The van der Waals surface area contributed by atoms with Crippen LogP contribution in [-0.4, -0.2) is 29.1 Å². The highest BCUT2D eigenvalue weighted by Gasteiger charge is 2.25. The van der Waals surface area contributed by atoms with Crippen LogP contribution in [0.25, 0.3) is 0 Å². The van der Waals surface area contributed by atoms with E-state index >= 15 is 0 Å². The Morgan fingerprint density at radius 3 is 2.70 bits per heavy atom. The van der Waals surface area contributed by atoms with Gasteiger partial charge in [0.05, 0.1) is 16.6 Å². The van der Waals surface area contributed by atoms with Gasteiger partial charge in [0.2, 0.25) is 0 Å². The lowest BCUT2D eigenvalue weighted by Gasteiger charge is -2.27. The van der Waals surface area contributed by atoms with Crippen molar-refractivity contribution >= 4 is 17.3 Å². The fourth-order valence-corrected chi connectivity index (χ4v) is 2.10. The second-order valence-corrected chi connectivity index (χ2v) is 4.63. The molecule has 0 aromatic heterocycles. The van der Waals surface area contributed by atoms with E-state index < -0.39 is 28.0 Å². The van der Waals surface area contributed by atoms with Crippen molar-refractivity contribution in [1.29, 1.82) is 0 Å². The summed E-state index contributed by atoms with van der Waals surface area (Å²) < 4.78 is 13.6. The number of aromatic carboxylic acids is 1. The van der Waals surface area contributed by atoms with Crippen LogP contribution in [-0.2, 0) is 0 Å². The lowest BCUT2D eigenvalue weighted by molar-refractivity contribution is -0.384. The number of hydrogen-bond donors (Lipinski definition) is 1. The number of nitrogens with zero attached hydrogens (tertiary/aromatic N) is 2. The molecule has 0 spiro atoms. The predicted octanol–water partition coefficient (Wildman–Crippen LogP) is 2.59. The van der Waals surface area contributed by atoms with Gasteiger partial charge >= 0.3 is 5.97 Å². The molecule has 0 bridgehead atoms. The Kier molecular flexibility index (Phi) is 3.69. The van der Waals surface area contributed by atoms with E-state index in [-0.39, 0.29) is 5.69 Å². The van der Waals surface area contributed by atoms with Crippen LogP contribution in [0.1, 0.15) is 23.7 Å². The Hall–Kier alpha value is -2.44. The third-order valence-electron chi connectivity index (χ3n) is 3.27. The van der Waals surface area contributed by atoms with E-state index in [2.05, 4.69) is 0 Å². The summed E-state index contributed by atoms with van der Waals surface area (Å²) in [6.45, 7) is 2.93. The first-order chi connectivity index (χ1) is 9.40. The lowest BCUT2D eigenvalue weighted by atomic mass is 10.1. The highest BCUT2D eigenvalue weighted by atomic mass is 19.1. The molecule has 0 unspecified atom stereocenters. The molecule has 106 valence electrons. The topological polar surface area (TPSA) is 83.7 Å². The summed E-state index contributed by atoms with van der Waals surface area (Å²) in [5.41, 5.74) is 0.333. The van der Waals surface area contributed by atoms with E-state index in [9.17, 15) is 19.3 Å². The highest BCUT2D eigenvalue weighted by molar-refractivity contribution is 5.90. The molecule has 7 heteroatoms. The number of carbonyl (C=O) groups is 1. The average molecular weight is 280 g/mol. The maximum atomic E-state index is 13.6. The fraction of sp³-hybridized carbons (Fsp3) is 0.308. The number of carboxylic acids is 1. The molecule has 1 aromatic rings. The Morgan fingerprint density at radius 2 is 2.20 bits per heavy atom. The van der Waals surface area contributed by atoms with E-state index in [0.717, 1.165) is 12.5 Å². The van der Waals surface area contributed by atoms with E-state index in [4.69, 9.17) is 5.11 Å². The molecule has 1 heterocycles. The summed E-state index contributed by atoms with van der Waals surface area (Å²) >= 11 is 0. The molecule has 1 N–H and O–H groups in total. The van der Waals surface area contributed by atoms with Gasteiger partial charge in [-0.15, -0.1) is 0 Å². The van der Waals surface area contributed by atoms with Crippen molar-refractivity contribution in [2.75, 3.05) is 18.0 Å². The molecule has 0 saturated heterocycles. The van der Waals surface area contributed by atoms with Crippen LogP contribution in [0.4, 0.5) is 15.8 Å². The Labute approximate surface area is 114 Å². The van der Waals surface area contributed by atoms with Crippen molar-refractivity contribution in [2.45, 2.75) is 13.3 Å². The Morgan fingerprint density at radius 1 is 1.50 bits per heavy atom. The van der Waals surface area contributed by atoms with Gasteiger partial charge in [-0.05, 0) is 19.4 Å². The van der Waals surface area contributed by atoms with Gasteiger partial charge in [0.15, 0.2) is 0 Å². The van der Waals surface area contributed by atoms with Crippen LogP contribution < -0.4 is 4.90 Å². The number of nitro benzene ring substituents is 1. The molecule has 1 aliphatic rings. The zero-order valence-electron chi connectivity index (χ0n) is 10.8. The van der Waals surface area contributed by atoms with Gasteiger partial charge in [0.25, 0.3) is 5.69 Å². The van der Waals surface area contributed by atoms with Gasteiger partial charge in [-0.2, -0.15) is 0 Å². The third-order valence-corrected chi connectivity index (χ3v) is 3.27. The zero-order valence-corrected chi connectivity index (χ0v) is 10.8. The maximum absolute atomic E-state index is 13.6. The smallest absolute Gasteiger partial charge is 0.338 e. The fourth-order valence-electron chi connectivity index (χ4n) is 2.10. The summed E-state index contributed by atoms with van der Waals surface area (Å²) in [5.74, 6) is -2.54. The molecule has 0 amide bonds. The van der Waals surface area contributed by atoms with Crippen LogP contribution in [0.2, 0.25) is 0 Å². The summed E-state index contributed by atoms with van der Waals surface area (Å²) in [6, 6.07) is 1.70. The molecular weight excluding hydrogens is 267 g/mol. The van der Waals surface area contributed by atoms with Crippen molar-refractivity contribution in [1.82, 2.24) is 0 Å². The van der Waals surface area contributed by atoms with Crippen molar-refractivity contribution in [2.24, 2.45) is 0 Å². The molecular formula is C13H13FN2O4. The number of nitro groups is 1. The molecule has 0 atom stereocenters. The third kappa shape index (κ3) is 2.61. The molecule has 1 aromatic carbocycles. The molecule has 0 radical (unpaired) electrons. The normalized spacial score (nSPS) is 14.9. The van der Waals surface area contributed by atoms with Crippen molar-refractivity contribution in [3.63, 3.8) is 0 Å². The summed E-state index contributed by atoms with van der Waals surface area (Å²) in [5, 5.41) is 19.9. The molecule has 0 fully saturated rings. The van der Waals surface area contributed by atoms with E-state index in [1.807, 2.05) is 13.0 Å². The molecule has 6 nitrogen and oxygen atoms in total. The van der Waals surface area contributed by atoms with E-state index in [0.29, 0.717) is 19.2 Å². The van der Waals surface area contributed by atoms with Crippen molar-refractivity contribution in [3.8, 4) is 0 Å². The SMILES string of the molecule is CC1=CCN(c2cc(C(=O)O)c(F)cc2[N+](=O)[O-])CC1. The summed E-state index contributed by atoms with van der Waals surface area (Å²) in [4.78, 5) is 22.9. The Bertz CT molecular complexity index is 613. The quantitative estimate of drug-likeness (QED) is 0.522. The summed E-state index contributed by atoms with van der Waals surface area (Å²) in [6.07, 6.45) is 2.65. The van der Waals surface area contributed by atoms with Gasteiger partial charge in [0, 0.05) is 13.1 Å². The van der Waals surface area contributed by atoms with Crippen LogP contribution in [0.15, 0.2) is 23.8 Å². The number of benzene rings is 1. The number of halogens is 1. The monoisotopic (exact) mass is 280 g/mol. The first-order valence-electron chi connectivity index (χ1n) is 6.02. The minimum Gasteiger partial charge on any atom is -0.478 e. The molecule has 0 saturated carbocycles. The summed E-state index contributed by atoms with van der Waals surface area (Å²) in [7, 11) is 0.